The van der Waals surface area contributed by atoms with Gasteiger partial charge in [-0.1, -0.05) is 59.6 Å². The summed E-state index contributed by atoms with van der Waals surface area (Å²) in [6, 6.07) is 20.7. The number of carbonyl (C=O) groups excluding carboxylic acids is 2. The van der Waals surface area contributed by atoms with Crippen LogP contribution in [0.3, 0.4) is 0 Å². The molecule has 0 aliphatic carbocycles. The van der Waals surface area contributed by atoms with Gasteiger partial charge >= 0.3 is 0 Å². The van der Waals surface area contributed by atoms with Crippen LogP contribution in [0.5, 0.6) is 0 Å². The second-order valence-corrected chi connectivity index (χ2v) is 7.63. The van der Waals surface area contributed by atoms with Gasteiger partial charge in [0.15, 0.2) is 5.16 Å². The van der Waals surface area contributed by atoms with Crippen LogP contribution in [0.2, 0.25) is 10.0 Å². The molecule has 4 aromatic rings. The maximum Gasteiger partial charge on any atom is 0.266 e. The van der Waals surface area contributed by atoms with E-state index in [4.69, 9.17) is 23.2 Å². The molecule has 4 nitrogen and oxygen atoms in total. The lowest BCUT2D eigenvalue weighted by molar-refractivity contribution is 0.0955. The Bertz CT molecular complexity index is 1220. The standard InChI is InChI=1S/C21H12Cl2N2O2S/c22-15-9-3-1-7-13(15)19(26)25-18-12-6-5-11-17(18)24-21(25)28-20(27)14-8-2-4-10-16(14)23/h1-12H. The number of halogens is 2. The Morgan fingerprint density at radius 2 is 1.36 bits per heavy atom. The molecule has 3 aromatic carbocycles. The fourth-order valence-corrected chi connectivity index (χ4v) is 4.15. The Labute approximate surface area is 175 Å². The topological polar surface area (TPSA) is 52.0 Å². The first-order chi connectivity index (χ1) is 13.6. The highest BCUT2D eigenvalue weighted by atomic mass is 35.5. The van der Waals surface area contributed by atoms with Crippen LogP contribution < -0.4 is 0 Å². The third-order valence-corrected chi connectivity index (χ3v) is 5.64. The van der Waals surface area contributed by atoms with Crippen molar-refractivity contribution < 1.29 is 9.59 Å². The van der Waals surface area contributed by atoms with Gasteiger partial charge in [-0.15, -0.1) is 0 Å². The molecule has 0 aliphatic rings. The van der Waals surface area contributed by atoms with E-state index in [-0.39, 0.29) is 16.2 Å². The minimum absolute atomic E-state index is 0.260. The summed E-state index contributed by atoms with van der Waals surface area (Å²) < 4.78 is 1.41. The van der Waals surface area contributed by atoms with E-state index in [9.17, 15) is 9.59 Å². The average molecular weight is 427 g/mol. The third-order valence-electron chi connectivity index (χ3n) is 4.12. The Morgan fingerprint density at radius 3 is 2.04 bits per heavy atom. The van der Waals surface area contributed by atoms with E-state index in [1.807, 2.05) is 12.1 Å². The van der Waals surface area contributed by atoms with Crippen LogP contribution in [0, 0.1) is 0 Å². The second-order valence-electron chi connectivity index (χ2n) is 5.87. The first-order valence-electron chi connectivity index (χ1n) is 8.29. The van der Waals surface area contributed by atoms with Gasteiger partial charge in [0.25, 0.3) is 5.91 Å². The Morgan fingerprint density at radius 1 is 0.786 bits per heavy atom. The highest BCUT2D eigenvalue weighted by Gasteiger charge is 2.23. The number of benzene rings is 3. The minimum Gasteiger partial charge on any atom is -0.281 e. The van der Waals surface area contributed by atoms with Crippen LogP contribution in [-0.4, -0.2) is 20.6 Å². The van der Waals surface area contributed by atoms with E-state index >= 15 is 0 Å². The van der Waals surface area contributed by atoms with Crippen molar-refractivity contribution in [3.8, 4) is 0 Å². The van der Waals surface area contributed by atoms with E-state index < -0.39 is 0 Å². The van der Waals surface area contributed by atoms with Crippen LogP contribution in [0.1, 0.15) is 20.7 Å². The first-order valence-corrected chi connectivity index (χ1v) is 9.87. The van der Waals surface area contributed by atoms with Crippen molar-refractivity contribution >= 4 is 57.0 Å². The lowest BCUT2D eigenvalue weighted by Gasteiger charge is -2.09. The smallest absolute Gasteiger partial charge is 0.266 e. The number of para-hydroxylation sites is 2. The zero-order valence-electron chi connectivity index (χ0n) is 14.3. The van der Waals surface area contributed by atoms with Crippen molar-refractivity contribution in [3.63, 3.8) is 0 Å². The molecule has 7 heteroatoms. The quantitative estimate of drug-likeness (QED) is 0.379. The van der Waals surface area contributed by atoms with Gasteiger partial charge in [0.1, 0.15) is 0 Å². The van der Waals surface area contributed by atoms with Gasteiger partial charge in [0.2, 0.25) is 5.12 Å². The summed E-state index contributed by atoms with van der Waals surface area (Å²) in [6.07, 6.45) is 0. The van der Waals surface area contributed by atoms with Gasteiger partial charge in [0, 0.05) is 5.56 Å². The summed E-state index contributed by atoms with van der Waals surface area (Å²) >= 11 is 13.2. The number of imidazole rings is 1. The highest BCUT2D eigenvalue weighted by Crippen LogP contribution is 2.30. The lowest BCUT2D eigenvalue weighted by atomic mass is 10.2. The lowest BCUT2D eigenvalue weighted by Crippen LogP contribution is -2.14. The number of hydrogen-bond acceptors (Lipinski definition) is 4. The number of rotatable bonds is 3. The van der Waals surface area contributed by atoms with Crippen LogP contribution in [0.4, 0.5) is 0 Å². The molecule has 0 aliphatic heterocycles. The number of carbonyl (C=O) groups is 2. The zero-order valence-corrected chi connectivity index (χ0v) is 16.6. The molecule has 0 spiro atoms. The van der Waals surface area contributed by atoms with E-state index in [0.29, 0.717) is 32.2 Å². The molecule has 4 rings (SSSR count). The summed E-state index contributed by atoms with van der Waals surface area (Å²) in [5.74, 6) is -0.353. The molecule has 0 bridgehead atoms. The first kappa shape index (κ1) is 18.7. The Hall–Kier alpha value is -2.60. The summed E-state index contributed by atoms with van der Waals surface area (Å²) in [7, 11) is 0. The van der Waals surface area contributed by atoms with E-state index in [2.05, 4.69) is 4.98 Å². The van der Waals surface area contributed by atoms with Gasteiger partial charge < -0.3 is 0 Å². The molecule has 0 radical (unpaired) electrons. The largest absolute Gasteiger partial charge is 0.281 e. The molecule has 1 aromatic heterocycles. The van der Waals surface area contributed by atoms with Crippen LogP contribution in [0.15, 0.2) is 78.0 Å². The molecule has 0 saturated heterocycles. The highest BCUT2D eigenvalue weighted by molar-refractivity contribution is 8.14. The number of fused-ring (bicyclic) bond motifs is 1. The van der Waals surface area contributed by atoms with Crippen molar-refractivity contribution in [3.05, 3.63) is 94.0 Å². The molecule has 0 fully saturated rings. The molecule has 0 unspecified atom stereocenters. The number of thioether (sulfide) groups is 1. The molecule has 0 atom stereocenters. The molecule has 0 saturated carbocycles. The normalized spacial score (nSPS) is 10.9. The fourth-order valence-electron chi connectivity index (χ4n) is 2.79. The van der Waals surface area contributed by atoms with Gasteiger partial charge in [-0.2, -0.15) is 0 Å². The van der Waals surface area contributed by atoms with Crippen LogP contribution in [0.25, 0.3) is 11.0 Å². The predicted molar refractivity (Wildman–Crippen MR) is 113 cm³/mol. The maximum atomic E-state index is 13.2. The molecular weight excluding hydrogens is 415 g/mol. The monoisotopic (exact) mass is 426 g/mol. The van der Waals surface area contributed by atoms with Crippen molar-refractivity contribution in [1.29, 1.82) is 0 Å². The predicted octanol–water partition coefficient (Wildman–Crippen LogP) is 5.96. The van der Waals surface area contributed by atoms with E-state index in [0.717, 1.165) is 11.8 Å². The third kappa shape index (κ3) is 3.44. The number of aromatic nitrogens is 2. The number of hydrogen-bond donors (Lipinski definition) is 0. The molecular formula is C21H12Cl2N2O2S. The Kier molecular flexibility index (Phi) is 5.22. The van der Waals surface area contributed by atoms with Crippen molar-refractivity contribution in [2.24, 2.45) is 0 Å². The SMILES string of the molecule is O=C(Sc1nc2ccccc2n1C(=O)c1ccccc1Cl)c1ccccc1Cl. The van der Waals surface area contributed by atoms with E-state index in [1.54, 1.807) is 60.7 Å². The van der Waals surface area contributed by atoms with Crippen LogP contribution in [-0.2, 0) is 0 Å². The van der Waals surface area contributed by atoms with Crippen molar-refractivity contribution in [1.82, 2.24) is 9.55 Å². The van der Waals surface area contributed by atoms with Crippen LogP contribution >= 0.6 is 35.0 Å². The van der Waals surface area contributed by atoms with Crippen molar-refractivity contribution in [2.45, 2.75) is 5.16 Å². The summed E-state index contributed by atoms with van der Waals surface area (Å²) in [5, 5.41) is 0.643. The second kappa shape index (κ2) is 7.80. The molecule has 1 heterocycles. The van der Waals surface area contributed by atoms with Gasteiger partial charge in [-0.05, 0) is 48.2 Å². The minimum atomic E-state index is -0.353. The molecule has 0 N–H and O–H groups in total. The summed E-state index contributed by atoms with van der Waals surface area (Å²) in [6.45, 7) is 0. The van der Waals surface area contributed by atoms with Gasteiger partial charge in [-0.25, -0.2) is 4.98 Å². The molecule has 0 amide bonds. The summed E-state index contributed by atoms with van der Waals surface area (Å²) in [4.78, 5) is 30.5. The maximum absolute atomic E-state index is 13.2. The Balaban J connectivity index is 1.82. The zero-order chi connectivity index (χ0) is 19.7. The van der Waals surface area contributed by atoms with Crippen molar-refractivity contribution in [2.75, 3.05) is 0 Å². The molecule has 138 valence electrons. The summed E-state index contributed by atoms with van der Waals surface area (Å²) in [5.41, 5.74) is 1.90. The van der Waals surface area contributed by atoms with Gasteiger partial charge in [-0.3, -0.25) is 14.2 Å². The fraction of sp³-hybridized carbons (Fsp3) is 0. The van der Waals surface area contributed by atoms with Gasteiger partial charge in [0.05, 0.1) is 26.6 Å². The van der Waals surface area contributed by atoms with E-state index in [1.165, 1.54) is 4.57 Å². The molecule has 28 heavy (non-hydrogen) atoms. The number of nitrogens with zero attached hydrogens (tertiary/aromatic N) is 2. The average Bonchev–Trinajstić information content (AvgIpc) is 3.06.